The molecule has 85 heavy (non-hydrogen) atoms. The van der Waals surface area contributed by atoms with Gasteiger partial charge in [0.15, 0.2) is 8.07 Å². The molecule has 0 saturated heterocycles. The quantitative estimate of drug-likeness (QED) is 0.0561. The zero-order valence-corrected chi connectivity index (χ0v) is 52.2. The average molecular weight is 1300 g/mol. The van der Waals surface area contributed by atoms with Gasteiger partial charge >= 0.3 is 0 Å². The van der Waals surface area contributed by atoms with Crippen LogP contribution in [0.5, 0.6) is 11.5 Å². The van der Waals surface area contributed by atoms with E-state index < -0.39 is 8.07 Å². The van der Waals surface area contributed by atoms with Crippen LogP contribution in [0.2, 0.25) is 0 Å². The molecule has 0 spiro atoms. The molecule has 6 nitrogen and oxygen atoms in total. The Bertz CT molecular complexity index is 4540. The molecule has 0 amide bonds. The molecule has 0 unspecified atom stereocenters. The van der Waals surface area contributed by atoms with Gasteiger partial charge in [-0.05, 0) is 118 Å². The Hall–Kier alpha value is -8.74. The third-order valence-corrected chi connectivity index (χ3v) is 22.5. The van der Waals surface area contributed by atoms with Crippen LogP contribution in [0.15, 0.2) is 243 Å². The number of rotatable bonds is 11. The maximum atomic E-state index is 6.77. The topological polar surface area (TPSA) is 48.8 Å². The first-order chi connectivity index (χ1) is 40.8. The second kappa shape index (κ2) is 21.7. The fourth-order valence-electron chi connectivity index (χ4n) is 13.2. The summed E-state index contributed by atoms with van der Waals surface area (Å²) in [6.45, 7) is 16.3. The predicted molar refractivity (Wildman–Crippen MR) is 346 cm³/mol. The molecule has 0 aliphatic heterocycles. The molecule has 9 aromatic carbocycles. The monoisotopic (exact) mass is 1300 g/mol. The molecule has 0 atom stereocenters. The summed E-state index contributed by atoms with van der Waals surface area (Å²) >= 11 is 0. The smallest absolute Gasteiger partial charge is 0.269 e. The number of nitrogens with zero attached hydrogens (tertiary/aromatic N) is 5. The van der Waals surface area contributed by atoms with Crippen molar-refractivity contribution in [3.63, 3.8) is 0 Å². The van der Waals surface area contributed by atoms with E-state index in [4.69, 9.17) is 14.7 Å². The minimum Gasteiger partial charge on any atom is -0.522 e. The molecule has 1 aliphatic rings. The molecule has 0 N–H and O–H groups in total. The first-order valence-electron chi connectivity index (χ1n) is 29.3. The molecular formula is C77H65N5OPtSi-2. The Balaban J connectivity index is 0.00000672. The van der Waals surface area contributed by atoms with Gasteiger partial charge in [0, 0.05) is 38.5 Å². The third kappa shape index (κ3) is 9.68. The molecule has 8 heteroatoms. The normalized spacial score (nSPS) is 13.8. The number of pyridine rings is 2. The van der Waals surface area contributed by atoms with E-state index in [1.54, 1.807) is 6.20 Å². The maximum Gasteiger partial charge on any atom is 0.269 e. The van der Waals surface area contributed by atoms with Gasteiger partial charge < -0.3 is 9.30 Å². The SMILES string of the molecule is CC(C)(C)c1ccnc(-n2c3[c-]c(Oc4[c-]c(-n5[c-][n+](-c6c(-c7cccc([Si](c8ccccc8)(c8ccccc8)c8ccccc8)c7)cccc6-c6ccc7c(c6)C(C)(C)CCC7(C)C)c6ccccc65)ncc4)ccc3c3ccccc32)c1.[Pt]. The van der Waals surface area contributed by atoms with Crippen LogP contribution < -0.4 is 30.1 Å². The van der Waals surface area contributed by atoms with Gasteiger partial charge in [-0.25, -0.2) is 4.98 Å². The van der Waals surface area contributed by atoms with Gasteiger partial charge in [-0.3, -0.25) is 14.1 Å². The molecule has 4 heterocycles. The summed E-state index contributed by atoms with van der Waals surface area (Å²) in [4.78, 5) is 9.90. The van der Waals surface area contributed by atoms with Gasteiger partial charge in [0.05, 0.1) is 22.5 Å². The summed E-state index contributed by atoms with van der Waals surface area (Å²) in [5.74, 6) is 2.44. The van der Waals surface area contributed by atoms with Crippen LogP contribution >= 0.6 is 0 Å². The molecule has 420 valence electrons. The summed E-state index contributed by atoms with van der Waals surface area (Å²) in [5, 5.41) is 7.48. The zero-order valence-electron chi connectivity index (χ0n) is 49.0. The minimum atomic E-state index is -2.90. The Labute approximate surface area is 514 Å². The van der Waals surface area contributed by atoms with Gasteiger partial charge in [0.2, 0.25) is 0 Å². The van der Waals surface area contributed by atoms with Crippen molar-refractivity contribution in [2.24, 2.45) is 0 Å². The van der Waals surface area contributed by atoms with Crippen LogP contribution in [0.4, 0.5) is 0 Å². The van der Waals surface area contributed by atoms with Gasteiger partial charge in [-0.15, -0.1) is 17.5 Å². The zero-order chi connectivity index (χ0) is 57.4. The van der Waals surface area contributed by atoms with Crippen molar-refractivity contribution in [2.45, 2.75) is 77.6 Å². The van der Waals surface area contributed by atoms with Gasteiger partial charge in [-0.2, -0.15) is 18.2 Å². The number of ether oxygens (including phenoxy) is 1. The van der Waals surface area contributed by atoms with E-state index in [1.165, 1.54) is 37.4 Å². The summed E-state index contributed by atoms with van der Waals surface area (Å²) < 4.78 is 13.2. The van der Waals surface area contributed by atoms with Gasteiger partial charge in [-0.1, -0.05) is 254 Å². The van der Waals surface area contributed by atoms with Crippen molar-refractivity contribution >= 4 is 61.7 Å². The molecule has 14 rings (SSSR count). The molecule has 0 radical (unpaired) electrons. The van der Waals surface area contributed by atoms with Crippen LogP contribution in [0.3, 0.4) is 0 Å². The Kier molecular flexibility index (Phi) is 14.2. The van der Waals surface area contributed by atoms with Crippen molar-refractivity contribution in [3.8, 4) is 51.1 Å². The Morgan fingerprint density at radius 3 is 1.76 bits per heavy atom. The molecule has 13 aromatic rings. The summed E-state index contributed by atoms with van der Waals surface area (Å²) in [5.41, 5.74) is 13.4. The molecule has 0 saturated carbocycles. The van der Waals surface area contributed by atoms with Crippen molar-refractivity contribution in [1.29, 1.82) is 0 Å². The van der Waals surface area contributed by atoms with Crippen LogP contribution in [-0.4, -0.2) is 27.2 Å². The number of hydrogen-bond acceptors (Lipinski definition) is 3. The van der Waals surface area contributed by atoms with Crippen LogP contribution in [-0.2, 0) is 37.3 Å². The van der Waals surface area contributed by atoms with Crippen molar-refractivity contribution in [1.82, 2.24) is 19.1 Å². The van der Waals surface area contributed by atoms with Crippen molar-refractivity contribution < 1.29 is 30.4 Å². The Morgan fingerprint density at radius 1 is 0.506 bits per heavy atom. The standard InChI is InChI=1S/C77H65N5OSi.Pt/c1-75(2,3)55-41-45-79-73(49-55)82-68-34-18-17-31-64(68)65-39-38-56(50-71(65)82)83-57-42-46-78-72(51-57)80-52-81(70-36-20-19-35-69(70)80)74-62(32-22-33-63(74)54-37-40-66-67(48-54)77(6,7)44-43-76(66,4)5)53-23-21-30-61(47-53)84(58-24-11-8-12-25-58,59-26-13-9-14-27-59)60-28-15-10-16-29-60;/h8-42,45-49H,43-44H2,1-7H3;/q-2;. The van der Waals surface area contributed by atoms with Crippen LogP contribution in [0, 0.1) is 18.5 Å². The average Bonchev–Trinajstić information content (AvgIpc) is 1.76. The van der Waals surface area contributed by atoms with Crippen molar-refractivity contribution in [3.05, 3.63) is 278 Å². The second-order valence-electron chi connectivity index (χ2n) is 24.9. The van der Waals surface area contributed by atoms with E-state index in [0.29, 0.717) is 17.3 Å². The Morgan fingerprint density at radius 2 is 1.08 bits per heavy atom. The number of aromatic nitrogens is 5. The first kappa shape index (κ1) is 55.4. The second-order valence-corrected chi connectivity index (χ2v) is 28.7. The minimum absolute atomic E-state index is 0. The van der Waals surface area contributed by atoms with Gasteiger partial charge in [0.1, 0.15) is 5.82 Å². The maximum absolute atomic E-state index is 6.77. The van der Waals surface area contributed by atoms with Gasteiger partial charge in [0.25, 0.3) is 6.33 Å². The van der Waals surface area contributed by atoms with E-state index in [0.717, 1.165) is 79.4 Å². The molecule has 1 aliphatic carbocycles. The predicted octanol–water partition coefficient (Wildman–Crippen LogP) is 15.3. The summed E-state index contributed by atoms with van der Waals surface area (Å²) in [6, 6.07) is 91.4. The van der Waals surface area contributed by atoms with E-state index >= 15 is 0 Å². The summed E-state index contributed by atoms with van der Waals surface area (Å²) in [7, 11) is -2.90. The first-order valence-corrected chi connectivity index (χ1v) is 31.3. The van der Waals surface area contributed by atoms with E-state index in [1.807, 2.05) is 22.9 Å². The fourth-order valence-corrected chi connectivity index (χ4v) is 18.0. The number of hydrogen-bond donors (Lipinski definition) is 0. The fraction of sp³-hybridized carbons (Fsp3) is 0.156. The molecule has 0 bridgehead atoms. The number of benzene rings is 9. The number of para-hydroxylation sites is 4. The van der Waals surface area contributed by atoms with E-state index in [-0.39, 0.29) is 37.3 Å². The number of imidazole rings is 1. The third-order valence-electron chi connectivity index (χ3n) is 17.7. The van der Waals surface area contributed by atoms with E-state index in [9.17, 15) is 0 Å². The summed E-state index contributed by atoms with van der Waals surface area (Å²) in [6.07, 6.45) is 9.86. The number of fused-ring (bicyclic) bond motifs is 5. The van der Waals surface area contributed by atoms with Crippen LogP contribution in [0.25, 0.3) is 72.4 Å². The molecule has 4 aromatic heterocycles. The molecular weight excluding hydrogens is 1230 g/mol. The van der Waals surface area contributed by atoms with Crippen molar-refractivity contribution in [2.75, 3.05) is 0 Å². The van der Waals surface area contributed by atoms with E-state index in [2.05, 4.69) is 294 Å². The van der Waals surface area contributed by atoms with Crippen LogP contribution in [0.1, 0.15) is 78.0 Å². The molecule has 0 fully saturated rings. The largest absolute Gasteiger partial charge is 0.522 e.